The van der Waals surface area contributed by atoms with Gasteiger partial charge in [0.15, 0.2) is 0 Å². The van der Waals surface area contributed by atoms with Crippen LogP contribution in [0.4, 0.5) is 0 Å². The van der Waals surface area contributed by atoms with Crippen LogP contribution < -0.4 is 5.32 Å². The van der Waals surface area contributed by atoms with Gasteiger partial charge in [-0.1, -0.05) is 29.5 Å². The van der Waals surface area contributed by atoms with Crippen molar-refractivity contribution in [1.29, 1.82) is 0 Å². The summed E-state index contributed by atoms with van der Waals surface area (Å²) in [5.74, 6) is 6.43. The minimum absolute atomic E-state index is 0.766. The first kappa shape index (κ1) is 15.8. The molecule has 0 aliphatic heterocycles. The molecule has 3 heteroatoms. The van der Waals surface area contributed by atoms with Crippen molar-refractivity contribution in [1.82, 2.24) is 5.32 Å². The highest BCUT2D eigenvalue weighted by atomic mass is 32.1. The van der Waals surface area contributed by atoms with Crippen molar-refractivity contribution in [3.8, 4) is 11.8 Å². The average molecular weight is 299 g/mol. The fourth-order valence-corrected chi connectivity index (χ4v) is 2.64. The third-order valence-electron chi connectivity index (χ3n) is 2.97. The molecule has 0 unspecified atom stereocenters. The van der Waals surface area contributed by atoms with Crippen LogP contribution in [-0.4, -0.2) is 19.8 Å². The summed E-state index contributed by atoms with van der Waals surface area (Å²) < 4.78 is 5.29. The Morgan fingerprint density at radius 3 is 2.67 bits per heavy atom. The summed E-state index contributed by atoms with van der Waals surface area (Å²) in [5.41, 5.74) is 2.32. The maximum Gasteiger partial charge on any atom is 0.0775 e. The molecular weight excluding hydrogens is 278 g/mol. The van der Waals surface area contributed by atoms with Gasteiger partial charge in [-0.3, -0.25) is 0 Å². The molecule has 1 aromatic heterocycles. The Morgan fingerprint density at radius 2 is 1.90 bits per heavy atom. The average Bonchev–Trinajstić information content (AvgIpc) is 2.94. The predicted molar refractivity (Wildman–Crippen MR) is 89.7 cm³/mol. The SMILES string of the molecule is CCOCCNCc1ccc(C#Cc2ccc(C)cc2)s1. The van der Waals surface area contributed by atoms with Crippen molar-refractivity contribution in [3.05, 3.63) is 57.3 Å². The monoisotopic (exact) mass is 299 g/mol. The Kier molecular flexibility index (Phi) is 6.49. The Hall–Kier alpha value is -1.60. The predicted octanol–water partition coefficient (Wildman–Crippen LogP) is 3.58. The van der Waals surface area contributed by atoms with Crippen LogP contribution in [0.1, 0.15) is 27.8 Å². The van der Waals surface area contributed by atoms with E-state index in [0.717, 1.165) is 36.7 Å². The zero-order chi connectivity index (χ0) is 14.9. The number of hydrogen-bond acceptors (Lipinski definition) is 3. The van der Waals surface area contributed by atoms with Crippen LogP contribution in [0, 0.1) is 18.8 Å². The van der Waals surface area contributed by atoms with Gasteiger partial charge in [-0.25, -0.2) is 0 Å². The van der Waals surface area contributed by atoms with E-state index in [-0.39, 0.29) is 0 Å². The van der Waals surface area contributed by atoms with Crippen molar-refractivity contribution in [2.24, 2.45) is 0 Å². The second-order valence-electron chi connectivity index (χ2n) is 4.76. The highest BCUT2D eigenvalue weighted by molar-refractivity contribution is 7.12. The molecule has 1 aromatic carbocycles. The molecule has 21 heavy (non-hydrogen) atoms. The van der Waals surface area contributed by atoms with E-state index in [1.165, 1.54) is 10.4 Å². The summed E-state index contributed by atoms with van der Waals surface area (Å²) in [7, 11) is 0. The largest absolute Gasteiger partial charge is 0.380 e. The van der Waals surface area contributed by atoms with E-state index < -0.39 is 0 Å². The van der Waals surface area contributed by atoms with Gasteiger partial charge in [-0.2, -0.15) is 0 Å². The summed E-state index contributed by atoms with van der Waals surface area (Å²) in [6.45, 7) is 7.40. The van der Waals surface area contributed by atoms with Crippen molar-refractivity contribution in [2.45, 2.75) is 20.4 Å². The maximum atomic E-state index is 5.29. The van der Waals surface area contributed by atoms with Crippen LogP contribution >= 0.6 is 11.3 Å². The second-order valence-corrected chi connectivity index (χ2v) is 5.92. The fourth-order valence-electron chi connectivity index (χ4n) is 1.81. The van der Waals surface area contributed by atoms with Crippen molar-refractivity contribution < 1.29 is 4.74 Å². The van der Waals surface area contributed by atoms with Gasteiger partial charge in [0.25, 0.3) is 0 Å². The van der Waals surface area contributed by atoms with Gasteiger partial charge in [0.2, 0.25) is 0 Å². The standard InChI is InChI=1S/C18H21NOS/c1-3-20-13-12-19-14-18-11-10-17(21-18)9-8-16-6-4-15(2)5-7-16/h4-7,10-11,19H,3,12-14H2,1-2H3. The van der Waals surface area contributed by atoms with Crippen LogP contribution in [0.15, 0.2) is 36.4 Å². The Bertz CT molecular complexity index is 604. The normalized spacial score (nSPS) is 10.2. The Labute approximate surface area is 131 Å². The summed E-state index contributed by atoms with van der Waals surface area (Å²) in [6, 6.07) is 12.5. The van der Waals surface area contributed by atoms with Crippen LogP contribution in [-0.2, 0) is 11.3 Å². The fraction of sp³-hybridized carbons (Fsp3) is 0.333. The van der Waals surface area contributed by atoms with E-state index in [4.69, 9.17) is 4.74 Å². The van der Waals surface area contributed by atoms with Crippen molar-refractivity contribution in [3.63, 3.8) is 0 Å². The van der Waals surface area contributed by atoms with Gasteiger partial charge in [0.1, 0.15) is 0 Å². The van der Waals surface area contributed by atoms with E-state index in [9.17, 15) is 0 Å². The Balaban J connectivity index is 1.84. The van der Waals surface area contributed by atoms with Gasteiger partial charge >= 0.3 is 0 Å². The molecule has 0 aliphatic carbocycles. The minimum atomic E-state index is 0.766. The number of hydrogen-bond donors (Lipinski definition) is 1. The maximum absolute atomic E-state index is 5.29. The molecule has 0 saturated heterocycles. The third-order valence-corrected chi connectivity index (χ3v) is 3.97. The zero-order valence-corrected chi connectivity index (χ0v) is 13.4. The smallest absolute Gasteiger partial charge is 0.0775 e. The van der Waals surface area contributed by atoms with Crippen LogP contribution in [0.5, 0.6) is 0 Å². The second kappa shape index (κ2) is 8.63. The molecule has 2 rings (SSSR count). The molecule has 0 amide bonds. The third kappa shape index (κ3) is 5.73. The van der Waals surface area contributed by atoms with E-state index in [0.29, 0.717) is 0 Å². The highest BCUT2D eigenvalue weighted by Gasteiger charge is 1.97. The quantitative estimate of drug-likeness (QED) is 0.650. The van der Waals surface area contributed by atoms with E-state index >= 15 is 0 Å². The molecule has 0 aliphatic rings. The molecular formula is C18H21NOS. The molecule has 0 radical (unpaired) electrons. The topological polar surface area (TPSA) is 21.3 Å². The first-order valence-electron chi connectivity index (χ1n) is 7.24. The summed E-state index contributed by atoms with van der Waals surface area (Å²) in [4.78, 5) is 2.41. The zero-order valence-electron chi connectivity index (χ0n) is 12.6. The lowest BCUT2D eigenvalue weighted by molar-refractivity contribution is 0.149. The number of ether oxygens (including phenoxy) is 1. The number of rotatable bonds is 6. The molecule has 2 nitrogen and oxygen atoms in total. The number of benzene rings is 1. The Morgan fingerprint density at radius 1 is 1.10 bits per heavy atom. The molecule has 1 heterocycles. The van der Waals surface area contributed by atoms with Gasteiger partial charge in [0.05, 0.1) is 11.5 Å². The lowest BCUT2D eigenvalue weighted by Crippen LogP contribution is -2.18. The van der Waals surface area contributed by atoms with Gasteiger partial charge in [0, 0.05) is 30.1 Å². The van der Waals surface area contributed by atoms with Crippen LogP contribution in [0.25, 0.3) is 0 Å². The molecule has 2 aromatic rings. The minimum Gasteiger partial charge on any atom is -0.380 e. The highest BCUT2D eigenvalue weighted by Crippen LogP contribution is 2.15. The summed E-state index contributed by atoms with van der Waals surface area (Å²) in [5, 5.41) is 3.37. The lowest BCUT2D eigenvalue weighted by Gasteiger charge is -2.02. The van der Waals surface area contributed by atoms with Crippen molar-refractivity contribution in [2.75, 3.05) is 19.8 Å². The molecule has 0 saturated carbocycles. The van der Waals surface area contributed by atoms with E-state index in [1.807, 2.05) is 6.92 Å². The molecule has 1 N–H and O–H groups in total. The van der Waals surface area contributed by atoms with Gasteiger partial charge in [-0.05, 0) is 38.1 Å². The number of aryl methyl sites for hydroxylation is 1. The molecule has 0 atom stereocenters. The first-order valence-corrected chi connectivity index (χ1v) is 8.05. The van der Waals surface area contributed by atoms with E-state index in [2.05, 4.69) is 60.5 Å². The van der Waals surface area contributed by atoms with E-state index in [1.54, 1.807) is 11.3 Å². The van der Waals surface area contributed by atoms with Crippen LogP contribution in [0.3, 0.4) is 0 Å². The first-order chi connectivity index (χ1) is 10.3. The number of nitrogens with one attached hydrogen (secondary N) is 1. The molecule has 0 bridgehead atoms. The van der Waals surface area contributed by atoms with Crippen LogP contribution in [0.2, 0.25) is 0 Å². The summed E-state index contributed by atoms with van der Waals surface area (Å²) in [6.07, 6.45) is 0. The van der Waals surface area contributed by atoms with Crippen molar-refractivity contribution >= 4 is 11.3 Å². The van der Waals surface area contributed by atoms with Gasteiger partial charge in [-0.15, -0.1) is 11.3 Å². The molecule has 0 fully saturated rings. The summed E-state index contributed by atoms with van der Waals surface area (Å²) >= 11 is 1.74. The van der Waals surface area contributed by atoms with Gasteiger partial charge < -0.3 is 10.1 Å². The molecule has 110 valence electrons. The number of thiophene rings is 1. The lowest BCUT2D eigenvalue weighted by atomic mass is 10.1. The molecule has 0 spiro atoms.